The van der Waals surface area contributed by atoms with Crippen LogP contribution in [-0.4, -0.2) is 25.3 Å². The first-order valence-electron chi connectivity index (χ1n) is 7.06. The van der Waals surface area contributed by atoms with E-state index in [9.17, 15) is 0 Å². The lowest BCUT2D eigenvalue weighted by Gasteiger charge is -2.32. The number of hydrogen-bond donors (Lipinski definition) is 1. The van der Waals surface area contributed by atoms with Crippen LogP contribution in [-0.2, 0) is 11.2 Å². The van der Waals surface area contributed by atoms with Crippen molar-refractivity contribution in [3.63, 3.8) is 0 Å². The molecule has 2 rings (SSSR count). The SMILES string of the molecule is CC(C)(C)NCC1(Cc2ccc(Cl)cc2Cl)CCOC1. The fourth-order valence-corrected chi connectivity index (χ4v) is 2.99. The molecule has 1 N–H and O–H groups in total. The zero-order valence-corrected chi connectivity index (χ0v) is 13.9. The van der Waals surface area contributed by atoms with Crippen molar-refractivity contribution in [3.05, 3.63) is 33.8 Å². The summed E-state index contributed by atoms with van der Waals surface area (Å²) in [7, 11) is 0. The smallest absolute Gasteiger partial charge is 0.0538 e. The molecule has 1 fully saturated rings. The number of benzene rings is 1. The van der Waals surface area contributed by atoms with Crippen LogP contribution >= 0.6 is 23.2 Å². The van der Waals surface area contributed by atoms with E-state index < -0.39 is 0 Å². The second-order valence-electron chi connectivity index (χ2n) is 6.82. The normalized spacial score (nSPS) is 23.2. The number of ether oxygens (including phenoxy) is 1. The van der Waals surface area contributed by atoms with Gasteiger partial charge in [-0.05, 0) is 51.3 Å². The van der Waals surface area contributed by atoms with Crippen molar-refractivity contribution >= 4 is 23.2 Å². The van der Waals surface area contributed by atoms with Crippen LogP contribution in [0.5, 0.6) is 0 Å². The number of halogens is 2. The zero-order valence-electron chi connectivity index (χ0n) is 12.4. The summed E-state index contributed by atoms with van der Waals surface area (Å²) in [5.74, 6) is 0. The molecule has 1 saturated heterocycles. The van der Waals surface area contributed by atoms with Crippen molar-refractivity contribution in [3.8, 4) is 0 Å². The van der Waals surface area contributed by atoms with E-state index in [1.807, 2.05) is 18.2 Å². The molecule has 4 heteroatoms. The number of rotatable bonds is 4. The molecule has 1 atom stereocenters. The molecule has 1 aliphatic rings. The Hall–Kier alpha value is -0.280. The lowest BCUT2D eigenvalue weighted by atomic mass is 9.80. The highest BCUT2D eigenvalue weighted by Gasteiger charge is 2.36. The maximum Gasteiger partial charge on any atom is 0.0538 e. The third-order valence-electron chi connectivity index (χ3n) is 3.76. The molecule has 0 amide bonds. The van der Waals surface area contributed by atoms with Gasteiger partial charge >= 0.3 is 0 Å². The Kier molecular flexibility index (Phi) is 5.01. The Morgan fingerprint density at radius 1 is 1.30 bits per heavy atom. The van der Waals surface area contributed by atoms with Gasteiger partial charge < -0.3 is 10.1 Å². The molecule has 0 aromatic heterocycles. The molecule has 1 aromatic carbocycles. The molecule has 1 heterocycles. The summed E-state index contributed by atoms with van der Waals surface area (Å²) < 4.78 is 5.65. The van der Waals surface area contributed by atoms with E-state index in [1.54, 1.807) is 0 Å². The Bertz CT molecular complexity index is 462. The van der Waals surface area contributed by atoms with Crippen LogP contribution in [0, 0.1) is 5.41 Å². The minimum absolute atomic E-state index is 0.110. The lowest BCUT2D eigenvalue weighted by Crippen LogP contribution is -2.45. The van der Waals surface area contributed by atoms with Crippen LogP contribution in [0.1, 0.15) is 32.8 Å². The van der Waals surface area contributed by atoms with E-state index in [0.717, 1.165) is 43.2 Å². The van der Waals surface area contributed by atoms with Gasteiger partial charge in [0.2, 0.25) is 0 Å². The van der Waals surface area contributed by atoms with E-state index in [1.165, 1.54) is 0 Å². The molecule has 0 spiro atoms. The standard InChI is InChI=1S/C16H23Cl2NO/c1-15(2,3)19-10-16(6-7-20-11-16)9-12-4-5-13(17)8-14(12)18/h4-5,8,19H,6-7,9-11H2,1-3H3. The average Bonchev–Trinajstić information content (AvgIpc) is 2.79. The Balaban J connectivity index is 2.12. The predicted molar refractivity (Wildman–Crippen MR) is 85.8 cm³/mol. The Labute approximate surface area is 131 Å². The first kappa shape index (κ1) is 16.1. The minimum atomic E-state index is 0.110. The molecule has 0 aliphatic carbocycles. The van der Waals surface area contributed by atoms with Crippen molar-refractivity contribution in [1.82, 2.24) is 5.32 Å². The van der Waals surface area contributed by atoms with Gasteiger partial charge in [0.05, 0.1) is 6.61 Å². The van der Waals surface area contributed by atoms with Crippen LogP contribution in [0.4, 0.5) is 0 Å². The van der Waals surface area contributed by atoms with Crippen LogP contribution in [0.15, 0.2) is 18.2 Å². The van der Waals surface area contributed by atoms with Crippen molar-refractivity contribution in [2.45, 2.75) is 39.2 Å². The summed E-state index contributed by atoms with van der Waals surface area (Å²) in [5.41, 5.74) is 1.39. The molecule has 1 unspecified atom stereocenters. The third-order valence-corrected chi connectivity index (χ3v) is 4.35. The molecular weight excluding hydrogens is 293 g/mol. The summed E-state index contributed by atoms with van der Waals surface area (Å²) in [6.07, 6.45) is 1.99. The van der Waals surface area contributed by atoms with Gasteiger partial charge in [0.1, 0.15) is 0 Å². The van der Waals surface area contributed by atoms with Crippen molar-refractivity contribution < 1.29 is 4.74 Å². The quantitative estimate of drug-likeness (QED) is 0.892. The van der Waals surface area contributed by atoms with E-state index >= 15 is 0 Å². The van der Waals surface area contributed by atoms with Crippen molar-refractivity contribution in [2.24, 2.45) is 5.41 Å². The highest BCUT2D eigenvalue weighted by Crippen LogP contribution is 2.35. The van der Waals surface area contributed by atoms with Gasteiger partial charge in [0, 0.05) is 34.2 Å². The summed E-state index contributed by atoms with van der Waals surface area (Å²) in [6.45, 7) is 9.12. The molecule has 0 radical (unpaired) electrons. The van der Waals surface area contributed by atoms with Gasteiger partial charge in [0.15, 0.2) is 0 Å². The van der Waals surface area contributed by atoms with Gasteiger partial charge in [-0.25, -0.2) is 0 Å². The van der Waals surface area contributed by atoms with E-state index in [-0.39, 0.29) is 11.0 Å². The van der Waals surface area contributed by atoms with Gasteiger partial charge in [-0.1, -0.05) is 29.3 Å². The molecule has 1 aromatic rings. The highest BCUT2D eigenvalue weighted by atomic mass is 35.5. The summed E-state index contributed by atoms with van der Waals surface area (Å²) in [4.78, 5) is 0. The van der Waals surface area contributed by atoms with Gasteiger partial charge in [-0.3, -0.25) is 0 Å². The fourth-order valence-electron chi connectivity index (χ4n) is 2.51. The monoisotopic (exact) mass is 315 g/mol. The number of hydrogen-bond acceptors (Lipinski definition) is 2. The number of nitrogens with one attached hydrogen (secondary N) is 1. The molecule has 0 bridgehead atoms. The van der Waals surface area contributed by atoms with Crippen molar-refractivity contribution in [2.75, 3.05) is 19.8 Å². The Morgan fingerprint density at radius 2 is 2.05 bits per heavy atom. The van der Waals surface area contributed by atoms with Gasteiger partial charge in [0.25, 0.3) is 0 Å². The van der Waals surface area contributed by atoms with Crippen LogP contribution in [0.3, 0.4) is 0 Å². The van der Waals surface area contributed by atoms with Crippen LogP contribution in [0.2, 0.25) is 10.0 Å². The summed E-state index contributed by atoms with van der Waals surface area (Å²) >= 11 is 12.3. The van der Waals surface area contributed by atoms with Crippen LogP contribution < -0.4 is 5.32 Å². The molecule has 112 valence electrons. The van der Waals surface area contributed by atoms with E-state index in [2.05, 4.69) is 26.1 Å². The molecule has 0 saturated carbocycles. The highest BCUT2D eigenvalue weighted by molar-refractivity contribution is 6.35. The molecule has 20 heavy (non-hydrogen) atoms. The van der Waals surface area contributed by atoms with Crippen molar-refractivity contribution in [1.29, 1.82) is 0 Å². The summed E-state index contributed by atoms with van der Waals surface area (Å²) in [5, 5.41) is 5.04. The second-order valence-corrected chi connectivity index (χ2v) is 7.66. The first-order chi connectivity index (χ1) is 9.30. The van der Waals surface area contributed by atoms with E-state index in [0.29, 0.717) is 5.02 Å². The third kappa shape index (κ3) is 4.36. The van der Waals surface area contributed by atoms with Gasteiger partial charge in [-0.2, -0.15) is 0 Å². The Morgan fingerprint density at radius 3 is 2.60 bits per heavy atom. The maximum absolute atomic E-state index is 6.31. The average molecular weight is 316 g/mol. The lowest BCUT2D eigenvalue weighted by molar-refractivity contribution is 0.144. The van der Waals surface area contributed by atoms with Gasteiger partial charge in [-0.15, -0.1) is 0 Å². The first-order valence-corrected chi connectivity index (χ1v) is 7.82. The predicted octanol–water partition coefficient (Wildman–Crippen LogP) is 4.33. The van der Waals surface area contributed by atoms with E-state index in [4.69, 9.17) is 27.9 Å². The molecular formula is C16H23Cl2NO. The topological polar surface area (TPSA) is 21.3 Å². The minimum Gasteiger partial charge on any atom is -0.381 e. The zero-order chi connectivity index (χ0) is 14.8. The second kappa shape index (κ2) is 6.23. The molecule has 1 aliphatic heterocycles. The summed E-state index contributed by atoms with van der Waals surface area (Å²) in [6, 6.07) is 5.75. The molecule has 2 nitrogen and oxygen atoms in total. The van der Waals surface area contributed by atoms with Crippen LogP contribution in [0.25, 0.3) is 0 Å². The maximum atomic E-state index is 6.31. The fraction of sp³-hybridized carbons (Fsp3) is 0.625. The largest absolute Gasteiger partial charge is 0.381 e.